The Morgan fingerprint density at radius 1 is 1.12 bits per heavy atom. The highest BCUT2D eigenvalue weighted by Crippen LogP contribution is 2.27. The van der Waals surface area contributed by atoms with Gasteiger partial charge in [-0.15, -0.1) is 0 Å². The maximum Gasteiger partial charge on any atom is 0.280 e. The van der Waals surface area contributed by atoms with Crippen LogP contribution in [0.4, 0.5) is 0 Å². The SMILES string of the molecule is COc1ccc(Br)cc1/C=N/NS(=O)(=O)c1cc(Cl)ccc1OC. The molecule has 0 unspecified atom stereocenters. The van der Waals surface area contributed by atoms with Crippen LogP contribution >= 0.6 is 27.5 Å². The second kappa shape index (κ2) is 7.87. The zero-order valence-corrected chi connectivity index (χ0v) is 15.9. The second-order valence-electron chi connectivity index (χ2n) is 4.53. The Morgan fingerprint density at radius 2 is 1.79 bits per heavy atom. The lowest BCUT2D eigenvalue weighted by Gasteiger charge is -2.09. The highest BCUT2D eigenvalue weighted by atomic mass is 79.9. The highest BCUT2D eigenvalue weighted by molar-refractivity contribution is 9.10. The van der Waals surface area contributed by atoms with Crippen LogP contribution in [-0.2, 0) is 10.0 Å². The Kier molecular flexibility index (Phi) is 6.09. The van der Waals surface area contributed by atoms with Crippen molar-refractivity contribution in [3.63, 3.8) is 0 Å². The van der Waals surface area contributed by atoms with E-state index in [1.54, 1.807) is 18.2 Å². The standard InChI is InChI=1S/C15H14BrClN2O4S/c1-22-13-5-3-11(16)7-10(13)9-18-19-24(20,21)15-8-12(17)4-6-14(15)23-2/h3-9,19H,1-2H3/b18-9+. The molecule has 2 aromatic rings. The summed E-state index contributed by atoms with van der Waals surface area (Å²) in [5, 5.41) is 4.05. The Bertz CT molecular complexity index is 872. The van der Waals surface area contributed by atoms with Crippen molar-refractivity contribution in [2.75, 3.05) is 14.2 Å². The van der Waals surface area contributed by atoms with Crippen LogP contribution in [0.5, 0.6) is 11.5 Å². The topological polar surface area (TPSA) is 77.0 Å². The molecule has 24 heavy (non-hydrogen) atoms. The quantitative estimate of drug-likeness (QED) is 0.559. The lowest BCUT2D eigenvalue weighted by Crippen LogP contribution is -2.19. The fraction of sp³-hybridized carbons (Fsp3) is 0.133. The molecule has 1 N–H and O–H groups in total. The van der Waals surface area contributed by atoms with Gasteiger partial charge in [-0.25, -0.2) is 0 Å². The van der Waals surface area contributed by atoms with Gasteiger partial charge < -0.3 is 9.47 Å². The average molecular weight is 434 g/mol. The van der Waals surface area contributed by atoms with E-state index < -0.39 is 10.0 Å². The molecule has 0 aliphatic rings. The monoisotopic (exact) mass is 432 g/mol. The van der Waals surface area contributed by atoms with Crippen LogP contribution in [-0.4, -0.2) is 28.9 Å². The Balaban J connectivity index is 2.28. The van der Waals surface area contributed by atoms with E-state index in [0.29, 0.717) is 11.3 Å². The lowest BCUT2D eigenvalue weighted by molar-refractivity contribution is 0.402. The van der Waals surface area contributed by atoms with E-state index in [1.165, 1.54) is 38.6 Å². The van der Waals surface area contributed by atoms with Gasteiger partial charge in [-0.2, -0.15) is 18.4 Å². The molecule has 6 nitrogen and oxygen atoms in total. The van der Waals surface area contributed by atoms with Crippen LogP contribution in [0.1, 0.15) is 5.56 Å². The molecule has 0 radical (unpaired) electrons. The zero-order chi connectivity index (χ0) is 17.7. The molecule has 0 aliphatic heterocycles. The van der Waals surface area contributed by atoms with Gasteiger partial charge >= 0.3 is 0 Å². The maximum atomic E-state index is 12.4. The van der Waals surface area contributed by atoms with Crippen molar-refractivity contribution in [3.05, 3.63) is 51.5 Å². The molecular weight excluding hydrogens is 420 g/mol. The predicted octanol–water partition coefficient (Wildman–Crippen LogP) is 3.43. The molecule has 9 heteroatoms. The number of methoxy groups -OCH3 is 2. The molecule has 2 aromatic carbocycles. The normalized spacial score (nSPS) is 11.5. The summed E-state index contributed by atoms with van der Waals surface area (Å²) < 4.78 is 35.8. The molecule has 0 aromatic heterocycles. The van der Waals surface area contributed by atoms with Gasteiger partial charge in [-0.1, -0.05) is 27.5 Å². The molecule has 0 fully saturated rings. The third-order valence-corrected chi connectivity index (χ3v) is 4.96. The van der Waals surface area contributed by atoms with Crippen LogP contribution < -0.4 is 14.3 Å². The van der Waals surface area contributed by atoms with E-state index in [4.69, 9.17) is 21.1 Å². The number of rotatable bonds is 6. The fourth-order valence-corrected chi connectivity index (χ4v) is 3.48. The third-order valence-electron chi connectivity index (χ3n) is 2.98. The van der Waals surface area contributed by atoms with Crippen LogP contribution in [0, 0.1) is 0 Å². The first-order valence-corrected chi connectivity index (χ1v) is 9.24. The van der Waals surface area contributed by atoms with E-state index in [0.717, 1.165) is 4.47 Å². The van der Waals surface area contributed by atoms with Crippen LogP contribution in [0.15, 0.2) is 50.9 Å². The first-order chi connectivity index (χ1) is 11.4. The lowest BCUT2D eigenvalue weighted by atomic mass is 10.2. The minimum absolute atomic E-state index is 0.101. The maximum absolute atomic E-state index is 12.4. The summed E-state index contributed by atoms with van der Waals surface area (Å²) in [4.78, 5) is 2.03. The number of hydrogen-bond acceptors (Lipinski definition) is 5. The number of nitrogens with one attached hydrogen (secondary N) is 1. The number of hydrogen-bond donors (Lipinski definition) is 1. The summed E-state index contributed by atoms with van der Waals surface area (Å²) in [6.07, 6.45) is 1.35. The first kappa shape index (κ1) is 18.6. The van der Waals surface area contributed by atoms with Crippen LogP contribution in [0.3, 0.4) is 0 Å². The van der Waals surface area contributed by atoms with E-state index >= 15 is 0 Å². The Labute approximate surface area is 153 Å². The van der Waals surface area contributed by atoms with Crippen molar-refractivity contribution in [1.29, 1.82) is 0 Å². The number of ether oxygens (including phenoxy) is 2. The van der Waals surface area contributed by atoms with E-state index in [-0.39, 0.29) is 15.7 Å². The molecule has 0 saturated heterocycles. The molecule has 0 atom stereocenters. The summed E-state index contributed by atoms with van der Waals surface area (Å²) in [6, 6.07) is 9.58. The van der Waals surface area contributed by atoms with Gasteiger partial charge in [0.05, 0.1) is 20.4 Å². The first-order valence-electron chi connectivity index (χ1n) is 6.59. The molecule has 2 rings (SSSR count). The number of sulfonamides is 1. The van der Waals surface area contributed by atoms with Crippen molar-refractivity contribution < 1.29 is 17.9 Å². The van der Waals surface area contributed by atoms with Gasteiger partial charge in [0.15, 0.2) is 0 Å². The number of hydrazone groups is 1. The average Bonchev–Trinajstić information content (AvgIpc) is 2.55. The van der Waals surface area contributed by atoms with Gasteiger partial charge in [-0.3, -0.25) is 0 Å². The van der Waals surface area contributed by atoms with Crippen molar-refractivity contribution >= 4 is 43.8 Å². The Hall–Kier alpha value is -1.77. The summed E-state index contributed by atoms with van der Waals surface area (Å²) in [7, 11) is -1.05. The van der Waals surface area contributed by atoms with E-state index in [1.807, 2.05) is 0 Å². The Morgan fingerprint density at radius 3 is 2.46 bits per heavy atom. The van der Waals surface area contributed by atoms with Gasteiger partial charge in [0.25, 0.3) is 10.0 Å². The summed E-state index contributed by atoms with van der Waals surface area (Å²) in [6.45, 7) is 0. The fourth-order valence-electron chi connectivity index (χ4n) is 1.88. The van der Waals surface area contributed by atoms with Crippen LogP contribution in [0.25, 0.3) is 0 Å². The number of nitrogens with zero attached hydrogens (tertiary/aromatic N) is 1. The van der Waals surface area contributed by atoms with Crippen molar-refractivity contribution in [3.8, 4) is 11.5 Å². The number of benzene rings is 2. The highest BCUT2D eigenvalue weighted by Gasteiger charge is 2.19. The molecule has 0 aliphatic carbocycles. The number of halogens is 2. The smallest absolute Gasteiger partial charge is 0.280 e. The third kappa shape index (κ3) is 4.40. The molecule has 0 bridgehead atoms. The van der Waals surface area contributed by atoms with Crippen molar-refractivity contribution in [2.24, 2.45) is 5.10 Å². The van der Waals surface area contributed by atoms with E-state index in [2.05, 4.69) is 25.9 Å². The van der Waals surface area contributed by atoms with Crippen molar-refractivity contribution in [2.45, 2.75) is 4.90 Å². The predicted molar refractivity (Wildman–Crippen MR) is 96.6 cm³/mol. The summed E-state index contributed by atoms with van der Waals surface area (Å²) in [5.74, 6) is 0.726. The largest absolute Gasteiger partial charge is 0.496 e. The minimum Gasteiger partial charge on any atom is -0.496 e. The molecule has 0 saturated carbocycles. The van der Waals surface area contributed by atoms with E-state index in [9.17, 15) is 8.42 Å². The van der Waals surface area contributed by atoms with Gasteiger partial charge in [0.1, 0.15) is 16.4 Å². The molecule has 128 valence electrons. The minimum atomic E-state index is -3.94. The molecular formula is C15H14BrClN2O4S. The van der Waals surface area contributed by atoms with Crippen molar-refractivity contribution in [1.82, 2.24) is 4.83 Å². The van der Waals surface area contributed by atoms with Gasteiger partial charge in [0.2, 0.25) is 0 Å². The summed E-state index contributed by atoms with van der Waals surface area (Å²) >= 11 is 9.19. The molecule has 0 amide bonds. The van der Waals surface area contributed by atoms with Crippen LogP contribution in [0.2, 0.25) is 5.02 Å². The van der Waals surface area contributed by atoms with Gasteiger partial charge in [-0.05, 0) is 36.4 Å². The molecule has 0 spiro atoms. The molecule has 0 heterocycles. The second-order valence-corrected chi connectivity index (χ2v) is 7.52. The zero-order valence-electron chi connectivity index (χ0n) is 12.8. The van der Waals surface area contributed by atoms with Gasteiger partial charge in [0, 0.05) is 15.1 Å². The summed E-state index contributed by atoms with van der Waals surface area (Å²) in [5.41, 5.74) is 0.604.